The van der Waals surface area contributed by atoms with Gasteiger partial charge in [0.1, 0.15) is 18.0 Å². The number of benzene rings is 1. The van der Waals surface area contributed by atoms with Crippen LogP contribution in [0.15, 0.2) is 39.2 Å². The predicted octanol–water partition coefficient (Wildman–Crippen LogP) is 3.04. The minimum atomic E-state index is -0.121. The first kappa shape index (κ1) is 15.4. The van der Waals surface area contributed by atoms with Crippen molar-refractivity contribution < 1.29 is 5.11 Å². The molecule has 0 fully saturated rings. The van der Waals surface area contributed by atoms with Gasteiger partial charge in [-0.3, -0.25) is 0 Å². The van der Waals surface area contributed by atoms with Gasteiger partial charge in [0.15, 0.2) is 11.0 Å². The summed E-state index contributed by atoms with van der Waals surface area (Å²) in [5, 5.41) is 20.1. The molecule has 114 valence electrons. The third kappa shape index (κ3) is 2.99. The summed E-state index contributed by atoms with van der Waals surface area (Å²) in [6, 6.07) is 5.89. The zero-order valence-electron chi connectivity index (χ0n) is 11.9. The standard InChI is InChI=1S/C14H14BrN5OS/c1-2-5-20-12(7-21)18-19-14(20)22-13-10-6-9(15)3-4-11(10)16-8-17-13/h3-4,6,8,21H,2,5,7H2,1H3. The van der Waals surface area contributed by atoms with Crippen molar-refractivity contribution >= 4 is 38.6 Å². The number of aliphatic hydroxyl groups is 1. The van der Waals surface area contributed by atoms with E-state index in [2.05, 4.69) is 43.0 Å². The SMILES string of the molecule is CCCn1c(CO)nnc1Sc1ncnc2ccc(Br)cc12. The topological polar surface area (TPSA) is 76.7 Å². The average molecular weight is 380 g/mol. The number of hydrogen-bond donors (Lipinski definition) is 1. The number of nitrogens with zero attached hydrogens (tertiary/aromatic N) is 5. The van der Waals surface area contributed by atoms with Crippen LogP contribution in [-0.4, -0.2) is 29.8 Å². The fraction of sp³-hybridized carbons (Fsp3) is 0.286. The fourth-order valence-corrected chi connectivity index (χ4v) is 3.43. The first-order chi connectivity index (χ1) is 10.7. The number of aromatic nitrogens is 5. The minimum absolute atomic E-state index is 0.121. The van der Waals surface area contributed by atoms with Crippen molar-refractivity contribution in [1.29, 1.82) is 0 Å². The molecule has 22 heavy (non-hydrogen) atoms. The second-order valence-electron chi connectivity index (χ2n) is 4.65. The molecule has 0 aliphatic carbocycles. The summed E-state index contributed by atoms with van der Waals surface area (Å²) in [7, 11) is 0. The summed E-state index contributed by atoms with van der Waals surface area (Å²) < 4.78 is 2.90. The van der Waals surface area contributed by atoms with Crippen molar-refractivity contribution in [3.8, 4) is 0 Å². The summed E-state index contributed by atoms with van der Waals surface area (Å²) >= 11 is 4.91. The normalized spacial score (nSPS) is 11.2. The maximum absolute atomic E-state index is 9.37. The monoisotopic (exact) mass is 379 g/mol. The highest BCUT2D eigenvalue weighted by molar-refractivity contribution is 9.10. The number of fused-ring (bicyclic) bond motifs is 1. The Hall–Kier alpha value is -1.51. The Balaban J connectivity index is 2.03. The zero-order valence-corrected chi connectivity index (χ0v) is 14.3. The average Bonchev–Trinajstić information content (AvgIpc) is 2.90. The molecule has 0 bridgehead atoms. The van der Waals surface area contributed by atoms with Gasteiger partial charge in [-0.15, -0.1) is 10.2 Å². The Labute approximate surface area is 140 Å². The molecule has 0 saturated heterocycles. The van der Waals surface area contributed by atoms with E-state index >= 15 is 0 Å². The molecule has 0 aliphatic rings. The van der Waals surface area contributed by atoms with E-state index < -0.39 is 0 Å². The number of rotatable bonds is 5. The molecular weight excluding hydrogens is 366 g/mol. The summed E-state index contributed by atoms with van der Waals surface area (Å²) in [5.41, 5.74) is 0.879. The smallest absolute Gasteiger partial charge is 0.197 e. The Morgan fingerprint density at radius 3 is 2.91 bits per heavy atom. The summed E-state index contributed by atoms with van der Waals surface area (Å²) in [6.07, 6.45) is 2.49. The van der Waals surface area contributed by atoms with Crippen LogP contribution in [0.1, 0.15) is 19.2 Å². The van der Waals surface area contributed by atoms with Crippen LogP contribution in [0.3, 0.4) is 0 Å². The summed E-state index contributed by atoms with van der Waals surface area (Å²) in [6.45, 7) is 2.72. The minimum Gasteiger partial charge on any atom is -0.388 e. The Morgan fingerprint density at radius 1 is 1.27 bits per heavy atom. The molecule has 0 unspecified atom stereocenters. The van der Waals surface area contributed by atoms with Gasteiger partial charge >= 0.3 is 0 Å². The van der Waals surface area contributed by atoms with Crippen LogP contribution >= 0.6 is 27.7 Å². The third-order valence-electron chi connectivity index (χ3n) is 3.13. The second-order valence-corrected chi connectivity index (χ2v) is 6.52. The highest BCUT2D eigenvalue weighted by Gasteiger charge is 2.14. The van der Waals surface area contributed by atoms with Crippen molar-refractivity contribution in [2.24, 2.45) is 0 Å². The fourth-order valence-electron chi connectivity index (χ4n) is 2.13. The molecular formula is C14H14BrN5OS. The predicted molar refractivity (Wildman–Crippen MR) is 87.6 cm³/mol. The quantitative estimate of drug-likeness (QED) is 0.686. The van der Waals surface area contributed by atoms with E-state index in [1.54, 1.807) is 6.33 Å². The van der Waals surface area contributed by atoms with E-state index in [4.69, 9.17) is 0 Å². The van der Waals surface area contributed by atoms with Gasteiger partial charge in [-0.25, -0.2) is 9.97 Å². The Morgan fingerprint density at radius 2 is 2.14 bits per heavy atom. The van der Waals surface area contributed by atoms with Crippen LogP contribution in [0, 0.1) is 0 Å². The van der Waals surface area contributed by atoms with E-state index in [-0.39, 0.29) is 6.61 Å². The van der Waals surface area contributed by atoms with Crippen molar-refractivity contribution in [1.82, 2.24) is 24.7 Å². The molecule has 8 heteroatoms. The summed E-state index contributed by atoms with van der Waals surface area (Å²) in [5.74, 6) is 0.573. The lowest BCUT2D eigenvalue weighted by Crippen LogP contribution is -2.04. The van der Waals surface area contributed by atoms with Crippen LogP contribution in [-0.2, 0) is 13.2 Å². The van der Waals surface area contributed by atoms with Gasteiger partial charge in [0.2, 0.25) is 0 Å². The molecule has 1 N–H and O–H groups in total. The lowest BCUT2D eigenvalue weighted by atomic mass is 10.2. The summed E-state index contributed by atoms with van der Waals surface area (Å²) in [4.78, 5) is 8.64. The van der Waals surface area contributed by atoms with Gasteiger partial charge < -0.3 is 9.67 Å². The van der Waals surface area contributed by atoms with Crippen LogP contribution in [0.2, 0.25) is 0 Å². The Kier molecular flexibility index (Phi) is 4.70. The molecule has 0 spiro atoms. The molecule has 0 radical (unpaired) electrons. The van der Waals surface area contributed by atoms with Gasteiger partial charge in [0.05, 0.1) is 5.52 Å². The van der Waals surface area contributed by atoms with Crippen molar-refractivity contribution in [2.75, 3.05) is 0 Å². The third-order valence-corrected chi connectivity index (χ3v) is 4.63. The zero-order chi connectivity index (χ0) is 15.5. The van der Waals surface area contributed by atoms with Gasteiger partial charge in [-0.1, -0.05) is 22.9 Å². The van der Waals surface area contributed by atoms with Crippen LogP contribution < -0.4 is 0 Å². The van der Waals surface area contributed by atoms with Crippen LogP contribution in [0.25, 0.3) is 10.9 Å². The van der Waals surface area contributed by atoms with E-state index in [0.717, 1.165) is 38.5 Å². The second kappa shape index (κ2) is 6.72. The molecule has 3 aromatic rings. The van der Waals surface area contributed by atoms with Crippen LogP contribution in [0.5, 0.6) is 0 Å². The number of hydrogen-bond acceptors (Lipinski definition) is 6. The van der Waals surface area contributed by atoms with Gasteiger partial charge in [0.25, 0.3) is 0 Å². The van der Waals surface area contributed by atoms with Crippen molar-refractivity contribution in [2.45, 2.75) is 36.7 Å². The molecule has 2 aromatic heterocycles. The van der Waals surface area contributed by atoms with E-state index in [1.165, 1.54) is 11.8 Å². The van der Waals surface area contributed by atoms with E-state index in [0.29, 0.717) is 5.82 Å². The van der Waals surface area contributed by atoms with Crippen LogP contribution in [0.4, 0.5) is 0 Å². The maximum Gasteiger partial charge on any atom is 0.197 e. The molecule has 0 amide bonds. The lowest BCUT2D eigenvalue weighted by Gasteiger charge is -2.08. The largest absolute Gasteiger partial charge is 0.388 e. The first-order valence-corrected chi connectivity index (χ1v) is 8.45. The molecule has 2 heterocycles. The Bertz CT molecular complexity index is 807. The molecule has 0 atom stereocenters. The highest BCUT2D eigenvalue weighted by atomic mass is 79.9. The van der Waals surface area contributed by atoms with Gasteiger partial charge in [0, 0.05) is 16.4 Å². The molecule has 0 saturated carbocycles. The van der Waals surface area contributed by atoms with E-state index in [1.807, 2.05) is 22.8 Å². The van der Waals surface area contributed by atoms with E-state index in [9.17, 15) is 5.11 Å². The van der Waals surface area contributed by atoms with Gasteiger partial charge in [-0.2, -0.15) is 0 Å². The number of halogens is 1. The lowest BCUT2D eigenvalue weighted by molar-refractivity contribution is 0.263. The highest BCUT2D eigenvalue weighted by Crippen LogP contribution is 2.31. The molecule has 6 nitrogen and oxygen atoms in total. The molecule has 0 aliphatic heterocycles. The maximum atomic E-state index is 9.37. The molecule has 3 rings (SSSR count). The molecule has 1 aromatic carbocycles. The first-order valence-electron chi connectivity index (χ1n) is 6.84. The van der Waals surface area contributed by atoms with Crippen molar-refractivity contribution in [3.63, 3.8) is 0 Å². The van der Waals surface area contributed by atoms with Gasteiger partial charge in [-0.05, 0) is 36.4 Å². The van der Waals surface area contributed by atoms with Crippen molar-refractivity contribution in [3.05, 3.63) is 34.8 Å². The number of aliphatic hydroxyl groups excluding tert-OH is 1.